The number of amides is 1. The lowest BCUT2D eigenvalue weighted by atomic mass is 10.0. The van der Waals surface area contributed by atoms with Gasteiger partial charge in [-0.1, -0.05) is 25.8 Å². The molecule has 0 unspecified atom stereocenters. The fourth-order valence-electron chi connectivity index (χ4n) is 3.86. The van der Waals surface area contributed by atoms with Crippen LogP contribution in [-0.2, 0) is 11.3 Å². The van der Waals surface area contributed by atoms with Crippen LogP contribution in [0.4, 0.5) is 0 Å². The predicted octanol–water partition coefficient (Wildman–Crippen LogP) is 3.83. The summed E-state index contributed by atoms with van der Waals surface area (Å²) in [5, 5.41) is 1.06. The maximum absolute atomic E-state index is 12.5. The number of carbonyl (C=O) groups excluding carboxylic acids is 1. The molecule has 3 rings (SSSR count). The zero-order valence-electron chi connectivity index (χ0n) is 14.8. The van der Waals surface area contributed by atoms with E-state index in [-0.39, 0.29) is 17.5 Å². The van der Waals surface area contributed by atoms with E-state index in [4.69, 9.17) is 0 Å². The second-order valence-corrected chi connectivity index (χ2v) is 6.98. The normalized spacial score (nSPS) is 15.1. The number of pyridine rings is 1. The minimum Gasteiger partial charge on any atom is -0.335 e. The number of aromatic amines is 1. The van der Waals surface area contributed by atoms with E-state index in [1.165, 1.54) is 12.8 Å². The fraction of sp³-hybridized carbons (Fsp3) is 0.500. The molecule has 1 N–H and O–H groups in total. The summed E-state index contributed by atoms with van der Waals surface area (Å²) in [4.78, 5) is 29.8. The van der Waals surface area contributed by atoms with Gasteiger partial charge in [0, 0.05) is 28.9 Å². The van der Waals surface area contributed by atoms with Gasteiger partial charge in [0.1, 0.15) is 0 Å². The van der Waals surface area contributed by atoms with Gasteiger partial charge in [-0.15, -0.1) is 0 Å². The van der Waals surface area contributed by atoms with E-state index in [0.717, 1.165) is 34.9 Å². The number of nitrogens with zero attached hydrogens (tertiary/aromatic N) is 1. The number of hydrogen-bond donors (Lipinski definition) is 1. The van der Waals surface area contributed by atoms with Gasteiger partial charge >= 0.3 is 0 Å². The lowest BCUT2D eigenvalue weighted by Crippen LogP contribution is -2.39. The van der Waals surface area contributed by atoms with Crippen LogP contribution < -0.4 is 5.56 Å². The molecule has 0 bridgehead atoms. The Bertz CT molecular complexity index is 816. The average Bonchev–Trinajstić information content (AvgIpc) is 3.06. The Hall–Kier alpha value is -2.10. The van der Waals surface area contributed by atoms with Crippen molar-refractivity contribution in [1.82, 2.24) is 9.88 Å². The SMILES string of the molecule is CCC(=O)N(Cc1cc2c(C)cc(C)cc2[nH]c1=O)C1CCCC1. The molecule has 0 aliphatic heterocycles. The molecule has 1 aromatic heterocycles. The number of H-pyrrole nitrogens is 1. The van der Waals surface area contributed by atoms with Gasteiger partial charge in [0.2, 0.25) is 5.91 Å². The molecular formula is C20H26N2O2. The third-order valence-electron chi connectivity index (χ3n) is 5.12. The zero-order chi connectivity index (χ0) is 17.3. The van der Waals surface area contributed by atoms with Gasteiger partial charge in [-0.25, -0.2) is 0 Å². The molecule has 2 aromatic rings. The second-order valence-electron chi connectivity index (χ2n) is 6.98. The summed E-state index contributed by atoms with van der Waals surface area (Å²) >= 11 is 0. The molecule has 4 heteroatoms. The quantitative estimate of drug-likeness (QED) is 0.928. The van der Waals surface area contributed by atoms with Crippen LogP contribution in [-0.4, -0.2) is 21.8 Å². The summed E-state index contributed by atoms with van der Waals surface area (Å²) in [6.45, 7) is 6.39. The summed E-state index contributed by atoms with van der Waals surface area (Å²) < 4.78 is 0. The Labute approximate surface area is 142 Å². The molecule has 1 fully saturated rings. The van der Waals surface area contributed by atoms with Crippen LogP contribution >= 0.6 is 0 Å². The summed E-state index contributed by atoms with van der Waals surface area (Å²) in [6, 6.07) is 6.37. The van der Waals surface area contributed by atoms with Crippen molar-refractivity contribution in [2.24, 2.45) is 0 Å². The number of rotatable bonds is 4. The number of aromatic nitrogens is 1. The van der Waals surface area contributed by atoms with Crippen LogP contribution in [0.25, 0.3) is 10.9 Å². The first-order chi connectivity index (χ1) is 11.5. The summed E-state index contributed by atoms with van der Waals surface area (Å²) in [5.41, 5.74) is 3.76. The van der Waals surface area contributed by atoms with Crippen LogP contribution in [0.1, 0.15) is 55.7 Å². The molecule has 0 saturated heterocycles. The molecule has 0 radical (unpaired) electrons. The summed E-state index contributed by atoms with van der Waals surface area (Å²) in [7, 11) is 0. The zero-order valence-corrected chi connectivity index (χ0v) is 14.8. The van der Waals surface area contributed by atoms with Crippen molar-refractivity contribution in [2.45, 2.75) is 65.5 Å². The van der Waals surface area contributed by atoms with Gasteiger partial charge < -0.3 is 9.88 Å². The molecule has 1 aliphatic carbocycles. The number of carbonyl (C=O) groups is 1. The summed E-state index contributed by atoms with van der Waals surface area (Å²) in [6.07, 6.45) is 4.93. The Morgan fingerprint density at radius 1 is 1.21 bits per heavy atom. The minimum atomic E-state index is -0.0839. The van der Waals surface area contributed by atoms with E-state index in [1.807, 2.05) is 30.9 Å². The summed E-state index contributed by atoms with van der Waals surface area (Å²) in [5.74, 6) is 0.141. The highest BCUT2D eigenvalue weighted by molar-refractivity contribution is 5.83. The van der Waals surface area contributed by atoms with Crippen molar-refractivity contribution < 1.29 is 4.79 Å². The number of benzene rings is 1. The van der Waals surface area contributed by atoms with Crippen LogP contribution in [0.3, 0.4) is 0 Å². The van der Waals surface area contributed by atoms with Crippen molar-refractivity contribution in [2.75, 3.05) is 0 Å². The topological polar surface area (TPSA) is 53.2 Å². The van der Waals surface area contributed by atoms with E-state index < -0.39 is 0 Å². The van der Waals surface area contributed by atoms with Gasteiger partial charge in [-0.05, 0) is 49.9 Å². The van der Waals surface area contributed by atoms with E-state index in [1.54, 1.807) is 0 Å². The first-order valence-corrected chi connectivity index (χ1v) is 8.92. The van der Waals surface area contributed by atoms with Crippen LogP contribution in [0, 0.1) is 13.8 Å². The maximum Gasteiger partial charge on any atom is 0.253 e. The van der Waals surface area contributed by atoms with E-state index in [2.05, 4.69) is 18.0 Å². The highest BCUT2D eigenvalue weighted by Gasteiger charge is 2.26. The van der Waals surface area contributed by atoms with Gasteiger partial charge in [0.05, 0.1) is 6.54 Å². The Balaban J connectivity index is 1.99. The highest BCUT2D eigenvalue weighted by Crippen LogP contribution is 2.26. The van der Waals surface area contributed by atoms with Gasteiger partial charge in [-0.3, -0.25) is 9.59 Å². The smallest absolute Gasteiger partial charge is 0.253 e. The Morgan fingerprint density at radius 3 is 2.58 bits per heavy atom. The monoisotopic (exact) mass is 326 g/mol. The number of nitrogens with one attached hydrogen (secondary N) is 1. The molecule has 1 heterocycles. The fourth-order valence-corrected chi connectivity index (χ4v) is 3.86. The molecule has 1 aromatic carbocycles. The van der Waals surface area contributed by atoms with Crippen LogP contribution in [0.5, 0.6) is 0 Å². The van der Waals surface area contributed by atoms with E-state index in [9.17, 15) is 9.59 Å². The predicted molar refractivity (Wildman–Crippen MR) is 97.1 cm³/mol. The molecule has 1 amide bonds. The Kier molecular flexibility index (Phi) is 4.74. The highest BCUT2D eigenvalue weighted by atomic mass is 16.2. The van der Waals surface area contributed by atoms with Gasteiger partial charge in [0.25, 0.3) is 5.56 Å². The Morgan fingerprint density at radius 2 is 1.92 bits per heavy atom. The van der Waals surface area contributed by atoms with Crippen molar-refractivity contribution in [3.05, 3.63) is 45.2 Å². The molecule has 0 spiro atoms. The molecule has 128 valence electrons. The van der Waals surface area contributed by atoms with Crippen molar-refractivity contribution in [3.8, 4) is 0 Å². The number of aryl methyl sites for hydroxylation is 2. The molecule has 4 nitrogen and oxygen atoms in total. The van der Waals surface area contributed by atoms with Crippen LogP contribution in [0.2, 0.25) is 0 Å². The molecule has 0 atom stereocenters. The van der Waals surface area contributed by atoms with Crippen molar-refractivity contribution in [3.63, 3.8) is 0 Å². The van der Waals surface area contributed by atoms with E-state index >= 15 is 0 Å². The van der Waals surface area contributed by atoms with Gasteiger partial charge in [-0.2, -0.15) is 0 Å². The number of fused-ring (bicyclic) bond motifs is 1. The third-order valence-corrected chi connectivity index (χ3v) is 5.12. The molecule has 1 saturated carbocycles. The second kappa shape index (κ2) is 6.80. The minimum absolute atomic E-state index is 0.0839. The largest absolute Gasteiger partial charge is 0.335 e. The lowest BCUT2D eigenvalue weighted by molar-refractivity contribution is -0.133. The maximum atomic E-state index is 12.5. The number of hydrogen-bond acceptors (Lipinski definition) is 2. The third kappa shape index (κ3) is 3.23. The van der Waals surface area contributed by atoms with Crippen LogP contribution in [0.15, 0.2) is 23.0 Å². The van der Waals surface area contributed by atoms with Gasteiger partial charge in [0.15, 0.2) is 0 Å². The molecule has 1 aliphatic rings. The van der Waals surface area contributed by atoms with Crippen molar-refractivity contribution >= 4 is 16.8 Å². The first-order valence-electron chi connectivity index (χ1n) is 8.92. The first kappa shape index (κ1) is 16.7. The molecule has 24 heavy (non-hydrogen) atoms. The average molecular weight is 326 g/mol. The lowest BCUT2D eigenvalue weighted by Gasteiger charge is -2.28. The standard InChI is InChI=1S/C20H26N2O2/c1-4-19(23)22(16-7-5-6-8-16)12-15-11-17-14(3)9-13(2)10-18(17)21-20(15)24/h9-11,16H,4-8,12H2,1-3H3,(H,21,24). The van der Waals surface area contributed by atoms with Crippen molar-refractivity contribution in [1.29, 1.82) is 0 Å². The molecular weight excluding hydrogens is 300 g/mol. The van der Waals surface area contributed by atoms with E-state index in [0.29, 0.717) is 18.5 Å².